The molecule has 0 bridgehead atoms. The van der Waals surface area contributed by atoms with E-state index in [-0.39, 0.29) is 0 Å². The van der Waals surface area contributed by atoms with Gasteiger partial charge in [0.2, 0.25) is 0 Å². The molecule has 53 heavy (non-hydrogen) atoms. The molecule has 10 aromatic rings. The maximum Gasteiger partial charge on any atom is 0.160 e. The fraction of sp³-hybridized carbons (Fsp3) is 0. The van der Waals surface area contributed by atoms with Gasteiger partial charge < -0.3 is 4.42 Å². The van der Waals surface area contributed by atoms with Crippen LogP contribution in [0.25, 0.3) is 111 Å². The van der Waals surface area contributed by atoms with Crippen LogP contribution < -0.4 is 0 Å². The van der Waals surface area contributed by atoms with Gasteiger partial charge >= 0.3 is 0 Å². The monoisotopic (exact) mass is 675 g/mol. The number of benzene rings is 7. The Morgan fingerprint density at radius 2 is 1.00 bits per heavy atom. The molecule has 3 aromatic heterocycles. The Labute approximate surface area is 305 Å². The van der Waals surface area contributed by atoms with Crippen LogP contribution in [0.2, 0.25) is 0 Å². The second-order valence-electron chi connectivity index (χ2n) is 13.6. The second kappa shape index (κ2) is 11.7. The summed E-state index contributed by atoms with van der Waals surface area (Å²) in [6, 6.07) is 57.7. The number of hydrogen-bond donors (Lipinski definition) is 0. The molecule has 4 heteroatoms. The van der Waals surface area contributed by atoms with Crippen LogP contribution in [-0.2, 0) is 0 Å². The van der Waals surface area contributed by atoms with Crippen molar-refractivity contribution in [2.24, 2.45) is 0 Å². The number of para-hydroxylation sites is 1. The summed E-state index contributed by atoms with van der Waals surface area (Å²) in [6.07, 6.45) is 3.69. The fourth-order valence-corrected chi connectivity index (χ4v) is 8.00. The van der Waals surface area contributed by atoms with Crippen LogP contribution in [0, 0.1) is 0 Å². The molecule has 11 rings (SSSR count). The summed E-state index contributed by atoms with van der Waals surface area (Å²) in [7, 11) is 0. The van der Waals surface area contributed by atoms with Crippen molar-refractivity contribution >= 4 is 32.7 Å². The predicted octanol–water partition coefficient (Wildman–Crippen LogP) is 12.9. The third-order valence-electron chi connectivity index (χ3n) is 10.6. The molecule has 1 aliphatic carbocycles. The molecule has 0 fully saturated rings. The van der Waals surface area contributed by atoms with E-state index in [1.54, 1.807) is 6.20 Å². The van der Waals surface area contributed by atoms with Crippen molar-refractivity contribution in [3.63, 3.8) is 0 Å². The number of furan rings is 1. The van der Waals surface area contributed by atoms with E-state index in [0.717, 1.165) is 72.3 Å². The van der Waals surface area contributed by atoms with Gasteiger partial charge in [-0.2, -0.15) is 0 Å². The molecule has 0 spiro atoms. The summed E-state index contributed by atoms with van der Waals surface area (Å²) < 4.78 is 6.09. The first-order valence-corrected chi connectivity index (χ1v) is 17.8. The summed E-state index contributed by atoms with van der Waals surface area (Å²) in [5, 5.41) is 4.71. The van der Waals surface area contributed by atoms with Gasteiger partial charge in [-0.1, -0.05) is 127 Å². The van der Waals surface area contributed by atoms with Crippen molar-refractivity contribution in [3.05, 3.63) is 176 Å². The van der Waals surface area contributed by atoms with E-state index >= 15 is 0 Å². The second-order valence-corrected chi connectivity index (χ2v) is 13.6. The van der Waals surface area contributed by atoms with Crippen LogP contribution in [0.4, 0.5) is 0 Å². The minimum atomic E-state index is 0.677. The van der Waals surface area contributed by atoms with Crippen molar-refractivity contribution in [2.45, 2.75) is 0 Å². The van der Waals surface area contributed by atoms with Gasteiger partial charge in [0, 0.05) is 45.4 Å². The van der Waals surface area contributed by atoms with Gasteiger partial charge in [-0.25, -0.2) is 9.97 Å². The molecule has 0 radical (unpaired) electrons. The largest absolute Gasteiger partial charge is 0.456 e. The van der Waals surface area contributed by atoms with Crippen molar-refractivity contribution in [2.75, 3.05) is 0 Å². The predicted molar refractivity (Wildman–Crippen MR) is 216 cm³/mol. The molecule has 0 unspecified atom stereocenters. The van der Waals surface area contributed by atoms with Gasteiger partial charge in [0.1, 0.15) is 11.2 Å². The lowest BCUT2D eigenvalue weighted by molar-refractivity contribution is 0.669. The molecule has 0 saturated heterocycles. The molecule has 1 aliphatic rings. The number of nitrogens with zero attached hydrogens (tertiary/aromatic N) is 3. The highest BCUT2D eigenvalue weighted by atomic mass is 16.3. The number of fused-ring (bicyclic) bond motifs is 6. The van der Waals surface area contributed by atoms with Crippen LogP contribution in [0.3, 0.4) is 0 Å². The fourth-order valence-electron chi connectivity index (χ4n) is 8.00. The zero-order valence-electron chi connectivity index (χ0n) is 28.5. The lowest BCUT2D eigenvalue weighted by Gasteiger charge is -2.13. The molecule has 7 aromatic carbocycles. The van der Waals surface area contributed by atoms with Crippen molar-refractivity contribution in [1.82, 2.24) is 15.0 Å². The summed E-state index contributed by atoms with van der Waals surface area (Å²) in [6.45, 7) is 0. The lowest BCUT2D eigenvalue weighted by Crippen LogP contribution is -1.97. The van der Waals surface area contributed by atoms with Crippen molar-refractivity contribution < 1.29 is 4.42 Å². The van der Waals surface area contributed by atoms with E-state index in [1.165, 1.54) is 33.0 Å². The van der Waals surface area contributed by atoms with Gasteiger partial charge in [-0.05, 0) is 86.1 Å². The molecule has 0 saturated carbocycles. The highest BCUT2D eigenvalue weighted by Gasteiger charge is 2.23. The minimum absolute atomic E-state index is 0.677. The highest BCUT2D eigenvalue weighted by molar-refractivity contribution is 6.18. The number of rotatable bonds is 5. The van der Waals surface area contributed by atoms with Crippen LogP contribution >= 0.6 is 0 Å². The summed E-state index contributed by atoms with van der Waals surface area (Å²) in [5.41, 5.74) is 16.1. The number of hydrogen-bond acceptors (Lipinski definition) is 4. The van der Waals surface area contributed by atoms with E-state index in [0.29, 0.717) is 5.82 Å². The standard InChI is InChI=1S/C49H29N3O/c1-2-12-37-36(11-1)40-14-6-15-41-38(22-23-42(37)48(40)41)45-28-44(51-49(52-45)34-9-5-8-32(26-34)35-10-7-25-50-29-35)31-19-17-30(18-20-31)33-21-24-47-43(27-33)39-13-3-4-16-46(39)53-47/h1-29H. The van der Waals surface area contributed by atoms with Gasteiger partial charge in [0.15, 0.2) is 5.82 Å². The first-order valence-electron chi connectivity index (χ1n) is 17.8. The molecule has 0 atom stereocenters. The molecular weight excluding hydrogens is 647 g/mol. The first kappa shape index (κ1) is 29.5. The van der Waals surface area contributed by atoms with Crippen LogP contribution in [-0.4, -0.2) is 15.0 Å². The number of pyridine rings is 1. The van der Waals surface area contributed by atoms with Gasteiger partial charge in [0.25, 0.3) is 0 Å². The molecule has 0 aliphatic heterocycles. The maximum atomic E-state index is 6.09. The van der Waals surface area contributed by atoms with E-state index in [9.17, 15) is 0 Å². The van der Waals surface area contributed by atoms with Crippen molar-refractivity contribution in [1.29, 1.82) is 0 Å². The van der Waals surface area contributed by atoms with Gasteiger partial charge in [-0.3, -0.25) is 4.98 Å². The van der Waals surface area contributed by atoms with E-state index < -0.39 is 0 Å². The topological polar surface area (TPSA) is 51.8 Å². The Hall–Kier alpha value is -7.17. The minimum Gasteiger partial charge on any atom is -0.456 e. The van der Waals surface area contributed by atoms with Crippen LogP contribution in [0.5, 0.6) is 0 Å². The third kappa shape index (κ3) is 4.80. The normalized spacial score (nSPS) is 11.8. The quantitative estimate of drug-likeness (QED) is 0.182. The molecule has 4 nitrogen and oxygen atoms in total. The zero-order valence-corrected chi connectivity index (χ0v) is 28.5. The average molecular weight is 676 g/mol. The SMILES string of the molecule is c1cncc(-c2cccc(-c3nc(-c4ccc(-c5ccc6oc7ccccc7c6c5)cc4)cc(-c4ccc5c6c(cccc46)-c4ccccc4-5)n3)c2)c1. The summed E-state index contributed by atoms with van der Waals surface area (Å²) in [4.78, 5) is 14.9. The highest BCUT2D eigenvalue weighted by Crippen LogP contribution is 2.49. The molecule has 0 amide bonds. The van der Waals surface area contributed by atoms with Crippen LogP contribution in [0.15, 0.2) is 181 Å². The average Bonchev–Trinajstić information content (AvgIpc) is 3.77. The Balaban J connectivity index is 1.06. The Morgan fingerprint density at radius 1 is 0.358 bits per heavy atom. The summed E-state index contributed by atoms with van der Waals surface area (Å²) in [5.74, 6) is 0.677. The third-order valence-corrected chi connectivity index (χ3v) is 10.6. The smallest absolute Gasteiger partial charge is 0.160 e. The number of aromatic nitrogens is 3. The van der Waals surface area contributed by atoms with E-state index in [4.69, 9.17) is 14.4 Å². The van der Waals surface area contributed by atoms with E-state index in [2.05, 4.69) is 151 Å². The molecule has 0 N–H and O–H groups in total. The molecule has 3 heterocycles. The Kier molecular flexibility index (Phi) is 6.52. The lowest BCUT2D eigenvalue weighted by atomic mass is 9.95. The van der Waals surface area contributed by atoms with Crippen LogP contribution in [0.1, 0.15) is 0 Å². The van der Waals surface area contributed by atoms with E-state index in [1.807, 2.05) is 24.4 Å². The Bertz CT molecular complexity index is 3020. The van der Waals surface area contributed by atoms with Gasteiger partial charge in [0.05, 0.1) is 11.4 Å². The van der Waals surface area contributed by atoms with Gasteiger partial charge in [-0.15, -0.1) is 0 Å². The zero-order chi connectivity index (χ0) is 34.9. The molecule has 246 valence electrons. The Morgan fingerprint density at radius 3 is 1.87 bits per heavy atom. The first-order chi connectivity index (χ1) is 26.2. The summed E-state index contributed by atoms with van der Waals surface area (Å²) >= 11 is 0. The molecular formula is C49H29N3O. The van der Waals surface area contributed by atoms with Crippen molar-refractivity contribution in [3.8, 4) is 78.4 Å². The maximum absolute atomic E-state index is 6.09.